The first-order valence-corrected chi connectivity index (χ1v) is 6.71. The van der Waals surface area contributed by atoms with Crippen LogP contribution in [0.1, 0.15) is 19.3 Å². The normalized spacial score (nSPS) is 22.6. The maximum atomic E-state index is 11.8. The van der Waals surface area contributed by atoms with Gasteiger partial charge in [-0.1, -0.05) is 0 Å². The number of alkyl halides is 3. The lowest BCUT2D eigenvalue weighted by atomic mass is 10.3. The Morgan fingerprint density at radius 1 is 1.38 bits per heavy atom. The van der Waals surface area contributed by atoms with Gasteiger partial charge in [-0.25, -0.2) is 13.1 Å². The van der Waals surface area contributed by atoms with Crippen LogP contribution in [0, 0.1) is 0 Å². The summed E-state index contributed by atoms with van der Waals surface area (Å²) in [7, 11) is -3.58. The molecule has 0 aromatic rings. The fraction of sp³-hybridized carbons (Fsp3) is 1.00. The Balaban J connectivity index is 2.28. The summed E-state index contributed by atoms with van der Waals surface area (Å²) in [4.78, 5) is 0. The number of hydrogen-bond donors (Lipinski definition) is 2. The molecule has 1 heterocycles. The van der Waals surface area contributed by atoms with Crippen molar-refractivity contribution in [3.8, 4) is 0 Å². The van der Waals surface area contributed by atoms with Gasteiger partial charge in [0, 0.05) is 19.0 Å². The Morgan fingerprint density at radius 3 is 2.56 bits per heavy atom. The second kappa shape index (κ2) is 5.33. The van der Waals surface area contributed by atoms with Crippen LogP contribution in [0.4, 0.5) is 13.2 Å². The number of halogens is 3. The fourth-order valence-electron chi connectivity index (χ4n) is 1.53. The molecule has 0 saturated carbocycles. The summed E-state index contributed by atoms with van der Waals surface area (Å²) in [5, 5.41) is 2.97. The summed E-state index contributed by atoms with van der Waals surface area (Å²) in [6, 6.07) is -0.184. The van der Waals surface area contributed by atoms with E-state index in [0.717, 1.165) is 6.54 Å². The van der Waals surface area contributed by atoms with Crippen molar-refractivity contribution in [3.05, 3.63) is 0 Å². The second-order valence-electron chi connectivity index (χ2n) is 3.85. The molecule has 1 atom stereocenters. The van der Waals surface area contributed by atoms with Gasteiger partial charge in [-0.15, -0.1) is 0 Å². The number of nitrogens with one attached hydrogen (secondary N) is 2. The lowest BCUT2D eigenvalue weighted by Gasteiger charge is -2.12. The van der Waals surface area contributed by atoms with E-state index in [1.807, 2.05) is 0 Å². The Morgan fingerprint density at radius 2 is 2.06 bits per heavy atom. The van der Waals surface area contributed by atoms with E-state index in [4.69, 9.17) is 0 Å². The van der Waals surface area contributed by atoms with Crippen molar-refractivity contribution in [1.29, 1.82) is 0 Å². The van der Waals surface area contributed by atoms with E-state index in [2.05, 4.69) is 10.0 Å². The van der Waals surface area contributed by atoms with Crippen LogP contribution in [-0.2, 0) is 10.0 Å². The Hall–Kier alpha value is -0.340. The van der Waals surface area contributed by atoms with Gasteiger partial charge in [-0.05, 0) is 19.4 Å². The van der Waals surface area contributed by atoms with E-state index >= 15 is 0 Å². The number of rotatable bonds is 5. The molecule has 1 fully saturated rings. The first kappa shape index (κ1) is 13.7. The van der Waals surface area contributed by atoms with Crippen LogP contribution in [0.3, 0.4) is 0 Å². The maximum Gasteiger partial charge on any atom is 0.389 e. The molecule has 0 aromatic heterocycles. The largest absolute Gasteiger partial charge is 0.389 e. The van der Waals surface area contributed by atoms with Crippen molar-refractivity contribution < 1.29 is 21.6 Å². The van der Waals surface area contributed by atoms with Crippen molar-refractivity contribution in [2.24, 2.45) is 0 Å². The molecule has 0 aliphatic carbocycles. The van der Waals surface area contributed by atoms with Gasteiger partial charge in [-0.2, -0.15) is 13.2 Å². The highest BCUT2D eigenvalue weighted by Crippen LogP contribution is 2.21. The minimum Gasteiger partial charge on any atom is -0.315 e. The zero-order chi connectivity index (χ0) is 12.2. The van der Waals surface area contributed by atoms with Crippen molar-refractivity contribution in [2.75, 3.05) is 18.8 Å². The van der Waals surface area contributed by atoms with Crippen LogP contribution in [-0.4, -0.2) is 39.5 Å². The third-order valence-electron chi connectivity index (χ3n) is 2.28. The lowest BCUT2D eigenvalue weighted by Crippen LogP contribution is -2.37. The van der Waals surface area contributed by atoms with Gasteiger partial charge in [0.05, 0.1) is 5.75 Å². The van der Waals surface area contributed by atoms with E-state index in [1.54, 1.807) is 0 Å². The fourth-order valence-corrected chi connectivity index (χ4v) is 2.88. The molecule has 1 aliphatic rings. The minimum atomic E-state index is -4.29. The molecule has 1 rings (SSSR count). The first-order chi connectivity index (χ1) is 7.29. The van der Waals surface area contributed by atoms with Gasteiger partial charge in [0.15, 0.2) is 0 Å². The summed E-state index contributed by atoms with van der Waals surface area (Å²) in [5.74, 6) is -0.469. The Labute approximate surface area is 92.6 Å². The predicted molar refractivity (Wildman–Crippen MR) is 53.5 cm³/mol. The zero-order valence-corrected chi connectivity index (χ0v) is 9.50. The maximum absolute atomic E-state index is 11.8. The minimum absolute atomic E-state index is 0.184. The molecule has 1 aliphatic heterocycles. The quantitative estimate of drug-likeness (QED) is 0.761. The third-order valence-corrected chi connectivity index (χ3v) is 3.80. The van der Waals surface area contributed by atoms with Gasteiger partial charge in [0.1, 0.15) is 0 Å². The van der Waals surface area contributed by atoms with Crippen LogP contribution >= 0.6 is 0 Å². The molecule has 1 unspecified atom stereocenters. The van der Waals surface area contributed by atoms with Crippen LogP contribution in [0.2, 0.25) is 0 Å². The van der Waals surface area contributed by atoms with Crippen molar-refractivity contribution >= 4 is 10.0 Å². The van der Waals surface area contributed by atoms with Crippen LogP contribution < -0.4 is 10.0 Å². The van der Waals surface area contributed by atoms with Gasteiger partial charge in [-0.3, -0.25) is 0 Å². The Bertz CT molecular complexity index is 310. The van der Waals surface area contributed by atoms with Crippen LogP contribution in [0.25, 0.3) is 0 Å². The van der Waals surface area contributed by atoms with E-state index in [9.17, 15) is 21.6 Å². The molecule has 2 N–H and O–H groups in total. The van der Waals surface area contributed by atoms with Gasteiger partial charge < -0.3 is 5.32 Å². The molecule has 8 heteroatoms. The van der Waals surface area contributed by atoms with E-state index in [1.165, 1.54) is 0 Å². The number of hydrogen-bond acceptors (Lipinski definition) is 3. The third kappa shape index (κ3) is 5.66. The average Bonchev–Trinajstić information content (AvgIpc) is 2.52. The zero-order valence-electron chi connectivity index (χ0n) is 8.68. The number of sulfonamides is 1. The summed E-state index contributed by atoms with van der Waals surface area (Å²) < 4.78 is 60.5. The molecule has 0 bridgehead atoms. The van der Waals surface area contributed by atoms with Gasteiger partial charge in [0.2, 0.25) is 10.0 Å². The average molecular weight is 260 g/mol. The van der Waals surface area contributed by atoms with E-state index in [-0.39, 0.29) is 12.5 Å². The molecule has 0 aromatic carbocycles. The summed E-state index contributed by atoms with van der Waals surface area (Å²) in [6.45, 7) is 1.27. The van der Waals surface area contributed by atoms with E-state index in [0.29, 0.717) is 13.0 Å². The lowest BCUT2D eigenvalue weighted by molar-refractivity contribution is -0.134. The van der Waals surface area contributed by atoms with Crippen LogP contribution in [0.15, 0.2) is 0 Å². The molecule has 0 spiro atoms. The molecule has 4 nitrogen and oxygen atoms in total. The highest BCUT2D eigenvalue weighted by Gasteiger charge is 2.28. The van der Waals surface area contributed by atoms with Gasteiger partial charge >= 0.3 is 6.18 Å². The highest BCUT2D eigenvalue weighted by atomic mass is 32.2. The van der Waals surface area contributed by atoms with Crippen molar-refractivity contribution in [3.63, 3.8) is 0 Å². The monoisotopic (exact) mass is 260 g/mol. The summed E-state index contributed by atoms with van der Waals surface area (Å²) in [5.41, 5.74) is 0. The SMILES string of the molecule is O=S(=O)(CCCC(F)(F)F)NC1CCNC1. The van der Waals surface area contributed by atoms with Crippen molar-refractivity contribution in [1.82, 2.24) is 10.0 Å². The molecule has 1 saturated heterocycles. The smallest absolute Gasteiger partial charge is 0.315 e. The van der Waals surface area contributed by atoms with Crippen molar-refractivity contribution in [2.45, 2.75) is 31.5 Å². The standard InChI is InChI=1S/C8H15F3N2O2S/c9-8(10,11)3-1-5-16(14,15)13-7-2-4-12-6-7/h7,12-13H,1-6H2. The molecule has 16 heavy (non-hydrogen) atoms. The topological polar surface area (TPSA) is 58.2 Å². The van der Waals surface area contributed by atoms with Crippen LogP contribution in [0.5, 0.6) is 0 Å². The highest BCUT2D eigenvalue weighted by molar-refractivity contribution is 7.89. The first-order valence-electron chi connectivity index (χ1n) is 5.06. The molecule has 96 valence electrons. The van der Waals surface area contributed by atoms with E-state index < -0.39 is 28.4 Å². The molecule has 0 radical (unpaired) electrons. The molecule has 0 amide bonds. The molecular formula is C8H15F3N2O2S. The molecular weight excluding hydrogens is 245 g/mol. The Kier molecular flexibility index (Phi) is 4.57. The van der Waals surface area contributed by atoms with Gasteiger partial charge in [0.25, 0.3) is 0 Å². The summed E-state index contributed by atoms with van der Waals surface area (Å²) in [6.07, 6.45) is -5.06. The predicted octanol–water partition coefficient (Wildman–Crippen LogP) is 0.610. The summed E-state index contributed by atoms with van der Waals surface area (Å²) >= 11 is 0. The second-order valence-corrected chi connectivity index (χ2v) is 5.72.